The molecule has 3 N–H and O–H groups in total. The van der Waals surface area contributed by atoms with Crippen molar-refractivity contribution in [3.05, 3.63) is 59.0 Å². The van der Waals surface area contributed by atoms with Crippen molar-refractivity contribution in [3.63, 3.8) is 0 Å². The molecule has 0 saturated heterocycles. The number of anilines is 1. The number of benzene rings is 2. The maximum atomic E-state index is 12.6. The number of methoxy groups -OCH3 is 1. The summed E-state index contributed by atoms with van der Waals surface area (Å²) >= 11 is 1.27. The summed E-state index contributed by atoms with van der Waals surface area (Å²) in [5, 5.41) is 10.0. The van der Waals surface area contributed by atoms with Gasteiger partial charge < -0.3 is 4.74 Å². The van der Waals surface area contributed by atoms with Crippen molar-refractivity contribution >= 4 is 32.4 Å². The average molecular weight is 403 g/mol. The molecular weight excluding hydrogens is 386 g/mol. The molecular formula is C18H17N3O4S2. The summed E-state index contributed by atoms with van der Waals surface area (Å²) in [5.74, 6) is -0.308. The van der Waals surface area contributed by atoms with Crippen LogP contribution in [0, 0.1) is 6.92 Å². The van der Waals surface area contributed by atoms with Gasteiger partial charge in [0.25, 0.3) is 5.91 Å². The van der Waals surface area contributed by atoms with Crippen molar-refractivity contribution in [1.82, 2.24) is 4.98 Å². The maximum absolute atomic E-state index is 12.6. The second-order valence-corrected chi connectivity index (χ2v) is 8.18. The first-order valence-corrected chi connectivity index (χ1v) is 10.3. The summed E-state index contributed by atoms with van der Waals surface area (Å²) in [6, 6.07) is 11.7. The summed E-state index contributed by atoms with van der Waals surface area (Å²) in [5.41, 5.74) is 2.87. The first-order chi connectivity index (χ1) is 12.8. The van der Waals surface area contributed by atoms with E-state index in [1.54, 1.807) is 0 Å². The van der Waals surface area contributed by atoms with Crippen LogP contribution in [0.3, 0.4) is 0 Å². The molecule has 27 heavy (non-hydrogen) atoms. The number of nitrogens with one attached hydrogen (secondary N) is 1. The maximum Gasteiger partial charge on any atom is 0.261 e. The smallest absolute Gasteiger partial charge is 0.261 e. The van der Waals surface area contributed by atoms with Gasteiger partial charge in [-0.05, 0) is 25.1 Å². The molecule has 0 aliphatic rings. The van der Waals surface area contributed by atoms with Gasteiger partial charge in [0, 0.05) is 10.9 Å². The third kappa shape index (κ3) is 4.33. The quantitative estimate of drug-likeness (QED) is 0.680. The van der Waals surface area contributed by atoms with Crippen LogP contribution in [0.15, 0.2) is 52.7 Å². The lowest BCUT2D eigenvalue weighted by molar-refractivity contribution is 0.102. The van der Waals surface area contributed by atoms with Gasteiger partial charge in [-0.15, -0.1) is 11.3 Å². The molecule has 140 valence electrons. The molecule has 0 spiro atoms. The molecule has 0 atom stereocenters. The lowest BCUT2D eigenvalue weighted by Crippen LogP contribution is -2.16. The van der Waals surface area contributed by atoms with E-state index in [1.807, 2.05) is 36.6 Å². The predicted octanol–water partition coefficient (Wildman–Crippen LogP) is 3.03. The Labute approximate surface area is 160 Å². The van der Waals surface area contributed by atoms with E-state index in [-0.39, 0.29) is 16.2 Å². The number of thiazole rings is 1. The van der Waals surface area contributed by atoms with Gasteiger partial charge in [-0.25, -0.2) is 18.5 Å². The van der Waals surface area contributed by atoms with E-state index in [2.05, 4.69) is 10.3 Å². The lowest BCUT2D eigenvalue weighted by atomic mass is 10.1. The summed E-state index contributed by atoms with van der Waals surface area (Å²) in [6.07, 6.45) is 0. The third-order valence-corrected chi connectivity index (χ3v) is 5.48. The number of rotatable bonds is 5. The molecule has 3 aromatic rings. The van der Waals surface area contributed by atoms with Crippen molar-refractivity contribution in [2.45, 2.75) is 11.8 Å². The molecule has 7 nitrogen and oxygen atoms in total. The number of primary sulfonamides is 1. The molecule has 0 unspecified atom stereocenters. The van der Waals surface area contributed by atoms with Crippen LogP contribution in [-0.2, 0) is 10.0 Å². The Morgan fingerprint density at radius 2 is 1.89 bits per heavy atom. The van der Waals surface area contributed by atoms with Crippen molar-refractivity contribution in [2.24, 2.45) is 5.14 Å². The zero-order valence-corrected chi connectivity index (χ0v) is 16.2. The molecule has 0 aliphatic heterocycles. The fourth-order valence-corrected chi connectivity index (χ4v) is 3.65. The van der Waals surface area contributed by atoms with E-state index in [0.717, 1.165) is 16.8 Å². The van der Waals surface area contributed by atoms with Gasteiger partial charge in [0.05, 0.1) is 23.3 Å². The fourth-order valence-electron chi connectivity index (χ4n) is 2.39. The summed E-state index contributed by atoms with van der Waals surface area (Å²) < 4.78 is 28.2. The third-order valence-electron chi connectivity index (χ3n) is 3.82. The van der Waals surface area contributed by atoms with Crippen LogP contribution in [0.2, 0.25) is 0 Å². The highest BCUT2D eigenvalue weighted by molar-refractivity contribution is 7.89. The van der Waals surface area contributed by atoms with Crippen LogP contribution in [-0.4, -0.2) is 26.4 Å². The summed E-state index contributed by atoms with van der Waals surface area (Å²) in [6.45, 7) is 2.00. The Balaban J connectivity index is 1.86. The average Bonchev–Trinajstić information content (AvgIpc) is 3.09. The lowest BCUT2D eigenvalue weighted by Gasteiger charge is -2.09. The Kier molecular flexibility index (Phi) is 5.26. The van der Waals surface area contributed by atoms with E-state index in [9.17, 15) is 13.2 Å². The second-order valence-electron chi connectivity index (χ2n) is 5.77. The number of hydrogen-bond donors (Lipinski definition) is 2. The highest BCUT2D eigenvalue weighted by Crippen LogP contribution is 2.27. The number of nitrogens with two attached hydrogens (primary N) is 1. The van der Waals surface area contributed by atoms with Crippen molar-refractivity contribution < 1.29 is 17.9 Å². The van der Waals surface area contributed by atoms with Gasteiger partial charge >= 0.3 is 0 Å². The molecule has 0 bridgehead atoms. The zero-order valence-electron chi connectivity index (χ0n) is 14.6. The number of aryl methyl sites for hydroxylation is 1. The topological polar surface area (TPSA) is 111 Å². The van der Waals surface area contributed by atoms with Crippen molar-refractivity contribution in [3.8, 4) is 17.0 Å². The Morgan fingerprint density at radius 1 is 1.19 bits per heavy atom. The Bertz CT molecular complexity index is 1090. The number of nitrogens with zero attached hydrogens (tertiary/aromatic N) is 1. The number of amides is 1. The Morgan fingerprint density at radius 3 is 2.52 bits per heavy atom. The fraction of sp³-hybridized carbons (Fsp3) is 0.111. The van der Waals surface area contributed by atoms with Gasteiger partial charge in [0.1, 0.15) is 5.75 Å². The number of hydrogen-bond acceptors (Lipinski definition) is 6. The normalized spacial score (nSPS) is 11.2. The van der Waals surface area contributed by atoms with Gasteiger partial charge in [-0.1, -0.05) is 29.8 Å². The van der Waals surface area contributed by atoms with Crippen LogP contribution in [0.5, 0.6) is 5.75 Å². The first kappa shape index (κ1) is 19.0. The Hall–Kier alpha value is -2.75. The minimum Gasteiger partial charge on any atom is -0.496 e. The van der Waals surface area contributed by atoms with Crippen molar-refractivity contribution in [2.75, 3.05) is 12.4 Å². The molecule has 0 saturated carbocycles. The molecule has 0 aliphatic carbocycles. The monoisotopic (exact) mass is 403 g/mol. The molecule has 0 fully saturated rings. The number of aromatic nitrogens is 1. The molecule has 3 rings (SSSR count). The molecule has 0 radical (unpaired) electrons. The number of sulfonamides is 1. The van der Waals surface area contributed by atoms with Crippen LogP contribution in [0.1, 0.15) is 15.9 Å². The minimum absolute atomic E-state index is 0.0520. The number of carbonyl (C=O) groups is 1. The number of carbonyl (C=O) groups excluding carboxylic acids is 1. The SMILES string of the molecule is COc1ccc(S(N)(=O)=O)cc1C(=O)Nc1nc(-c2ccc(C)cc2)cs1. The summed E-state index contributed by atoms with van der Waals surface area (Å²) in [7, 11) is -2.55. The zero-order chi connectivity index (χ0) is 19.6. The first-order valence-electron chi connectivity index (χ1n) is 7.82. The van der Waals surface area contributed by atoms with Crippen LogP contribution >= 0.6 is 11.3 Å². The van der Waals surface area contributed by atoms with E-state index in [4.69, 9.17) is 9.88 Å². The largest absolute Gasteiger partial charge is 0.496 e. The molecule has 1 amide bonds. The highest BCUT2D eigenvalue weighted by atomic mass is 32.2. The van der Waals surface area contributed by atoms with Gasteiger partial charge in [0.15, 0.2) is 5.13 Å². The van der Waals surface area contributed by atoms with E-state index >= 15 is 0 Å². The van der Waals surface area contributed by atoms with E-state index in [1.165, 1.54) is 36.6 Å². The molecule has 9 heteroatoms. The standard InChI is InChI=1S/C18H17N3O4S2/c1-11-3-5-12(6-4-11)15-10-26-18(20-15)21-17(22)14-9-13(27(19,23)24)7-8-16(14)25-2/h3-10H,1-2H3,(H2,19,23,24)(H,20,21,22). The molecule has 2 aromatic carbocycles. The van der Waals surface area contributed by atoms with Gasteiger partial charge in [-0.2, -0.15) is 0 Å². The van der Waals surface area contributed by atoms with E-state index < -0.39 is 15.9 Å². The second kappa shape index (κ2) is 7.47. The highest BCUT2D eigenvalue weighted by Gasteiger charge is 2.18. The van der Waals surface area contributed by atoms with Crippen molar-refractivity contribution in [1.29, 1.82) is 0 Å². The van der Waals surface area contributed by atoms with Crippen LogP contribution in [0.4, 0.5) is 5.13 Å². The van der Waals surface area contributed by atoms with E-state index in [0.29, 0.717) is 5.13 Å². The predicted molar refractivity (Wildman–Crippen MR) is 105 cm³/mol. The summed E-state index contributed by atoms with van der Waals surface area (Å²) in [4.78, 5) is 16.8. The minimum atomic E-state index is -3.94. The van der Waals surface area contributed by atoms with Gasteiger partial charge in [0.2, 0.25) is 10.0 Å². The van der Waals surface area contributed by atoms with Crippen LogP contribution < -0.4 is 15.2 Å². The van der Waals surface area contributed by atoms with Crippen LogP contribution in [0.25, 0.3) is 11.3 Å². The van der Waals surface area contributed by atoms with Gasteiger partial charge in [-0.3, -0.25) is 10.1 Å². The number of ether oxygens (including phenoxy) is 1. The molecule has 1 heterocycles. The molecule has 1 aromatic heterocycles.